The van der Waals surface area contributed by atoms with Crippen LogP contribution in [-0.2, 0) is 15.1 Å². The number of hydrogen-bond donors (Lipinski definition) is 5. The number of carbonyl (C=O) groups is 3. The normalized spacial score (nSPS) is 27.7. The molecule has 6 rings (SSSR count). The van der Waals surface area contributed by atoms with Crippen molar-refractivity contribution in [2.24, 2.45) is 11.5 Å². The van der Waals surface area contributed by atoms with Crippen molar-refractivity contribution >= 4 is 46.6 Å². The molecular formula is C28H29N5O4S2. The first-order valence-electron chi connectivity index (χ1n) is 12.8. The van der Waals surface area contributed by atoms with Crippen LogP contribution in [0.15, 0.2) is 58.8 Å². The van der Waals surface area contributed by atoms with Crippen LogP contribution < -0.4 is 22.5 Å². The third-order valence-electron chi connectivity index (χ3n) is 8.08. The molecule has 11 heteroatoms. The molecule has 5 unspecified atom stereocenters. The van der Waals surface area contributed by atoms with Gasteiger partial charge in [0.05, 0.1) is 11.3 Å². The van der Waals surface area contributed by atoms with E-state index in [9.17, 15) is 19.5 Å². The first-order valence-corrected chi connectivity index (χ1v) is 14.6. The maximum atomic E-state index is 14.0. The molecule has 0 spiro atoms. The number of nitrogens with two attached hydrogens (primary N) is 3. The lowest BCUT2D eigenvalue weighted by molar-refractivity contribution is -0.126. The van der Waals surface area contributed by atoms with Gasteiger partial charge in [0.1, 0.15) is 5.54 Å². The van der Waals surface area contributed by atoms with E-state index in [1.54, 1.807) is 23.5 Å². The molecule has 3 heterocycles. The van der Waals surface area contributed by atoms with Crippen molar-refractivity contribution in [3.05, 3.63) is 70.6 Å². The summed E-state index contributed by atoms with van der Waals surface area (Å²) < 4.78 is 0. The number of thioether (sulfide) groups is 1. The van der Waals surface area contributed by atoms with Gasteiger partial charge in [-0.05, 0) is 52.6 Å². The minimum atomic E-state index is -1.49. The smallest absolute Gasteiger partial charge is 0.407 e. The summed E-state index contributed by atoms with van der Waals surface area (Å²) in [4.78, 5) is 42.1. The predicted octanol–water partition coefficient (Wildman–Crippen LogP) is 2.93. The maximum Gasteiger partial charge on any atom is 0.407 e. The second-order valence-electron chi connectivity index (χ2n) is 10.3. The lowest BCUT2D eigenvalue weighted by Gasteiger charge is -2.41. The highest BCUT2D eigenvalue weighted by molar-refractivity contribution is 8.01. The Bertz CT molecular complexity index is 1460. The molecule has 3 aliphatic rings. The highest BCUT2D eigenvalue weighted by atomic mass is 32.2. The Morgan fingerprint density at radius 3 is 2.59 bits per heavy atom. The number of Topliss-reactive ketones (excluding diaryl/α,β-unsaturated/α-hetero) is 1. The number of benzene rings is 2. The first-order chi connectivity index (χ1) is 18.7. The van der Waals surface area contributed by atoms with Gasteiger partial charge < -0.3 is 32.5 Å². The predicted molar refractivity (Wildman–Crippen MR) is 152 cm³/mol. The van der Waals surface area contributed by atoms with Crippen molar-refractivity contribution in [2.45, 2.75) is 46.5 Å². The fourth-order valence-electron chi connectivity index (χ4n) is 6.11. The quantitative estimate of drug-likeness (QED) is 0.302. The Hall–Kier alpha value is -3.38. The van der Waals surface area contributed by atoms with Gasteiger partial charge in [-0.25, -0.2) is 4.79 Å². The van der Waals surface area contributed by atoms with Crippen molar-refractivity contribution < 1.29 is 19.5 Å². The zero-order chi connectivity index (χ0) is 27.5. The fraction of sp³-hybridized carbons (Fsp3) is 0.321. The van der Waals surface area contributed by atoms with Crippen LogP contribution in [0, 0.1) is 0 Å². The molecule has 5 atom stereocenters. The summed E-state index contributed by atoms with van der Waals surface area (Å²) in [5, 5.41) is 13.7. The molecular weight excluding hydrogens is 534 g/mol. The number of amides is 2. The third kappa shape index (κ3) is 4.11. The molecule has 0 saturated carbocycles. The zero-order valence-electron chi connectivity index (χ0n) is 21.0. The molecule has 1 aromatic heterocycles. The molecule has 39 heavy (non-hydrogen) atoms. The van der Waals surface area contributed by atoms with E-state index in [2.05, 4.69) is 5.32 Å². The van der Waals surface area contributed by atoms with Crippen LogP contribution in [0.1, 0.15) is 35.4 Å². The van der Waals surface area contributed by atoms with Gasteiger partial charge in [-0.3, -0.25) is 9.59 Å². The van der Waals surface area contributed by atoms with Crippen molar-refractivity contribution in [3.63, 3.8) is 0 Å². The second kappa shape index (κ2) is 9.67. The number of nitrogen functional groups attached to an aromatic ring is 1. The van der Waals surface area contributed by atoms with Crippen molar-refractivity contribution in [1.82, 2.24) is 10.2 Å². The summed E-state index contributed by atoms with van der Waals surface area (Å²) in [6.45, 7) is 0.669. The van der Waals surface area contributed by atoms with Gasteiger partial charge in [0.15, 0.2) is 5.78 Å². The third-order valence-corrected chi connectivity index (χ3v) is 10.4. The highest BCUT2D eigenvalue weighted by Crippen LogP contribution is 2.56. The Balaban J connectivity index is 1.34. The Morgan fingerprint density at radius 2 is 1.90 bits per heavy atom. The summed E-state index contributed by atoms with van der Waals surface area (Å²) in [5.74, 6) is -1.23. The molecule has 9 nitrogen and oxygen atoms in total. The summed E-state index contributed by atoms with van der Waals surface area (Å²) in [6.07, 6.45) is 0.335. The molecule has 8 N–H and O–H groups in total. The van der Waals surface area contributed by atoms with Crippen LogP contribution >= 0.6 is 23.1 Å². The van der Waals surface area contributed by atoms with Gasteiger partial charge in [0.2, 0.25) is 5.91 Å². The minimum Gasteiger partial charge on any atom is -0.465 e. The molecule has 0 bridgehead atoms. The van der Waals surface area contributed by atoms with Crippen molar-refractivity contribution in [2.75, 3.05) is 18.8 Å². The molecule has 1 aliphatic carbocycles. The summed E-state index contributed by atoms with van der Waals surface area (Å²) in [7, 11) is 0. The fourth-order valence-corrected chi connectivity index (χ4v) is 8.30. The standard InChI is InChI=1S/C28H29N5O4S2/c29-18-10-9-17-20-21(24(39-23(18)20)26(35)32-16-3-1-11-33(13-16)27(36)37)22(30)25(34)28(17,31)15-7-5-14(6-8-15)19-4-2-12-38-19/h2,4-10,12,16,21-22,24H,1,3,11,13,29-31H2,(H,32,35)(H,36,37). The Morgan fingerprint density at radius 1 is 1.13 bits per heavy atom. The van der Waals surface area contributed by atoms with E-state index in [1.807, 2.05) is 41.8 Å². The van der Waals surface area contributed by atoms with Crippen molar-refractivity contribution in [1.29, 1.82) is 0 Å². The number of likely N-dealkylation sites (tertiary alicyclic amines) is 1. The van der Waals surface area contributed by atoms with E-state index in [0.29, 0.717) is 36.2 Å². The van der Waals surface area contributed by atoms with Crippen LogP contribution in [0.2, 0.25) is 0 Å². The van der Waals surface area contributed by atoms with E-state index < -0.39 is 28.8 Å². The molecule has 3 aromatic rings. The van der Waals surface area contributed by atoms with Crippen LogP contribution in [-0.4, -0.2) is 58.2 Å². The number of anilines is 1. The summed E-state index contributed by atoms with van der Waals surface area (Å²) in [6, 6.07) is 13.8. The minimum absolute atomic E-state index is 0.224. The van der Waals surface area contributed by atoms with E-state index in [0.717, 1.165) is 20.9 Å². The number of hydrogen-bond acceptors (Lipinski definition) is 8. The van der Waals surface area contributed by atoms with E-state index >= 15 is 0 Å². The van der Waals surface area contributed by atoms with Crippen LogP contribution in [0.5, 0.6) is 0 Å². The van der Waals surface area contributed by atoms with Crippen LogP contribution in [0.25, 0.3) is 10.4 Å². The number of piperidine rings is 1. The van der Waals surface area contributed by atoms with Gasteiger partial charge in [0.25, 0.3) is 0 Å². The molecule has 2 aromatic carbocycles. The Kier molecular flexibility index (Phi) is 6.41. The number of carboxylic acid groups (broad SMARTS) is 1. The maximum absolute atomic E-state index is 14.0. The van der Waals surface area contributed by atoms with Crippen LogP contribution in [0.4, 0.5) is 10.5 Å². The van der Waals surface area contributed by atoms with Crippen LogP contribution in [0.3, 0.4) is 0 Å². The van der Waals surface area contributed by atoms with Crippen molar-refractivity contribution in [3.8, 4) is 10.4 Å². The molecule has 1 saturated heterocycles. The van der Waals surface area contributed by atoms with Gasteiger partial charge in [-0.15, -0.1) is 23.1 Å². The van der Waals surface area contributed by atoms with E-state index in [4.69, 9.17) is 17.2 Å². The lowest BCUT2D eigenvalue weighted by Crippen LogP contribution is -2.61. The average Bonchev–Trinajstić information content (AvgIpc) is 3.61. The summed E-state index contributed by atoms with van der Waals surface area (Å²) in [5.41, 5.74) is 22.0. The molecule has 1 fully saturated rings. The van der Waals surface area contributed by atoms with Gasteiger partial charge in [-0.2, -0.15) is 0 Å². The number of rotatable bonds is 4. The largest absolute Gasteiger partial charge is 0.465 e. The highest BCUT2D eigenvalue weighted by Gasteiger charge is 2.56. The van der Waals surface area contributed by atoms with Gasteiger partial charge in [-0.1, -0.05) is 36.4 Å². The Labute approximate surface area is 233 Å². The lowest BCUT2D eigenvalue weighted by atomic mass is 9.65. The van der Waals surface area contributed by atoms with E-state index in [-0.39, 0.29) is 24.3 Å². The summed E-state index contributed by atoms with van der Waals surface area (Å²) >= 11 is 2.93. The number of carbonyl (C=O) groups excluding carboxylic acids is 2. The topological polar surface area (TPSA) is 165 Å². The molecule has 202 valence electrons. The van der Waals surface area contributed by atoms with E-state index in [1.165, 1.54) is 16.7 Å². The molecule has 2 aliphatic heterocycles. The first kappa shape index (κ1) is 25.9. The average molecular weight is 564 g/mol. The monoisotopic (exact) mass is 563 g/mol. The van der Waals surface area contributed by atoms with Gasteiger partial charge >= 0.3 is 6.09 Å². The number of ketones is 1. The second-order valence-corrected chi connectivity index (χ2v) is 12.4. The molecule has 0 radical (unpaired) electrons. The number of nitrogens with zero attached hydrogens (tertiary/aromatic N) is 1. The molecule has 2 amide bonds. The SMILES string of the molecule is Nc1ccc2c3c1SC(C(=O)NC1CCCN(C(=O)O)C1)C3C(N)C(=O)C2(N)c1ccc(-c2cccs2)cc1. The zero-order valence-corrected chi connectivity index (χ0v) is 22.6. The number of nitrogens with one attached hydrogen (secondary N) is 1. The van der Waals surface area contributed by atoms with Gasteiger partial charge in [0, 0.05) is 40.5 Å². The number of thiophene rings is 1.